The summed E-state index contributed by atoms with van der Waals surface area (Å²) in [6, 6.07) is 16.5. The number of methoxy groups -OCH3 is 1. The predicted octanol–water partition coefficient (Wildman–Crippen LogP) is 4.35. The van der Waals surface area contributed by atoms with Crippen LogP contribution >= 0.6 is 0 Å². The molecule has 0 aliphatic carbocycles. The molecule has 0 bridgehead atoms. The van der Waals surface area contributed by atoms with Crippen LogP contribution in [-0.2, 0) is 6.54 Å². The lowest BCUT2D eigenvalue weighted by Crippen LogP contribution is -2.32. The number of benzene rings is 2. The molecule has 0 unspecified atom stereocenters. The number of aromatic nitrogens is 3. The molecule has 3 rings (SSSR count). The Bertz CT molecular complexity index is 883. The molecule has 6 heteroatoms. The third-order valence-corrected chi connectivity index (χ3v) is 4.24. The van der Waals surface area contributed by atoms with Crippen LogP contribution in [0.3, 0.4) is 0 Å². The van der Waals surface area contributed by atoms with E-state index in [9.17, 15) is 0 Å². The van der Waals surface area contributed by atoms with E-state index in [-0.39, 0.29) is 6.04 Å². The molecular weight excluding hydrogens is 338 g/mol. The van der Waals surface area contributed by atoms with Crippen molar-refractivity contribution in [3.8, 4) is 5.75 Å². The van der Waals surface area contributed by atoms with Gasteiger partial charge >= 0.3 is 0 Å². The fraction of sp³-hybridized carbons (Fsp3) is 0.286. The molecule has 0 amide bonds. The van der Waals surface area contributed by atoms with Crippen LogP contribution in [0.1, 0.15) is 25.0 Å². The maximum absolute atomic E-state index is 5.43. The van der Waals surface area contributed by atoms with Gasteiger partial charge in [0.05, 0.1) is 19.0 Å². The first-order valence-corrected chi connectivity index (χ1v) is 8.99. The van der Waals surface area contributed by atoms with Crippen molar-refractivity contribution in [1.82, 2.24) is 15.2 Å². The van der Waals surface area contributed by atoms with Gasteiger partial charge in [0, 0.05) is 12.6 Å². The molecule has 0 radical (unpaired) electrons. The van der Waals surface area contributed by atoms with Crippen molar-refractivity contribution >= 4 is 17.5 Å². The second-order valence-electron chi connectivity index (χ2n) is 6.68. The molecule has 0 aliphatic heterocycles. The SMILES string of the molecule is COc1ccc(C)cc1Nc1cnnc(N(Cc2ccccc2)C(C)C)n1. The van der Waals surface area contributed by atoms with Crippen LogP contribution in [0.25, 0.3) is 0 Å². The summed E-state index contributed by atoms with van der Waals surface area (Å²) in [6.45, 7) is 7.00. The maximum atomic E-state index is 5.43. The molecule has 1 N–H and O–H groups in total. The molecule has 6 nitrogen and oxygen atoms in total. The van der Waals surface area contributed by atoms with Crippen molar-refractivity contribution in [1.29, 1.82) is 0 Å². The highest BCUT2D eigenvalue weighted by Gasteiger charge is 2.16. The fourth-order valence-electron chi connectivity index (χ4n) is 2.80. The van der Waals surface area contributed by atoms with Crippen LogP contribution in [0.15, 0.2) is 54.7 Å². The number of nitrogens with zero attached hydrogens (tertiary/aromatic N) is 4. The number of rotatable bonds is 7. The van der Waals surface area contributed by atoms with Gasteiger partial charge in [0.15, 0.2) is 5.82 Å². The Balaban J connectivity index is 1.86. The lowest BCUT2D eigenvalue weighted by Gasteiger charge is -2.26. The first-order valence-electron chi connectivity index (χ1n) is 8.99. The number of ether oxygens (including phenoxy) is 1. The standard InChI is InChI=1S/C21H25N5O/c1-15(2)26(14-17-8-6-5-7-9-17)21-24-20(13-22-25-21)23-18-12-16(3)10-11-19(18)27-4/h5-13,15H,14H2,1-4H3,(H,23,24,25). The normalized spacial score (nSPS) is 10.7. The Morgan fingerprint density at radius 3 is 2.59 bits per heavy atom. The molecule has 27 heavy (non-hydrogen) atoms. The minimum absolute atomic E-state index is 0.232. The summed E-state index contributed by atoms with van der Waals surface area (Å²) in [4.78, 5) is 6.80. The van der Waals surface area contributed by atoms with Crippen molar-refractivity contribution in [3.05, 3.63) is 65.9 Å². The second-order valence-corrected chi connectivity index (χ2v) is 6.68. The van der Waals surface area contributed by atoms with Gasteiger partial charge in [-0.3, -0.25) is 0 Å². The molecule has 2 aromatic carbocycles. The van der Waals surface area contributed by atoms with Crippen LogP contribution in [0.2, 0.25) is 0 Å². The van der Waals surface area contributed by atoms with E-state index in [4.69, 9.17) is 4.74 Å². The third-order valence-electron chi connectivity index (χ3n) is 4.24. The molecular formula is C21H25N5O. The van der Waals surface area contributed by atoms with Crippen molar-refractivity contribution in [2.24, 2.45) is 0 Å². The molecule has 0 aliphatic rings. The highest BCUT2D eigenvalue weighted by atomic mass is 16.5. The molecule has 0 spiro atoms. The van der Waals surface area contributed by atoms with Gasteiger partial charge in [-0.2, -0.15) is 10.1 Å². The zero-order valence-electron chi connectivity index (χ0n) is 16.2. The minimum atomic E-state index is 0.232. The number of anilines is 3. The topological polar surface area (TPSA) is 63.2 Å². The highest BCUT2D eigenvalue weighted by molar-refractivity contribution is 5.65. The van der Waals surface area contributed by atoms with Crippen molar-refractivity contribution in [3.63, 3.8) is 0 Å². The zero-order valence-corrected chi connectivity index (χ0v) is 16.2. The molecule has 0 saturated carbocycles. The quantitative estimate of drug-likeness (QED) is 0.673. The van der Waals surface area contributed by atoms with Crippen molar-refractivity contribution in [2.75, 3.05) is 17.3 Å². The van der Waals surface area contributed by atoms with Crippen LogP contribution in [-0.4, -0.2) is 28.3 Å². The van der Waals surface area contributed by atoms with Gasteiger partial charge in [-0.15, -0.1) is 5.10 Å². The molecule has 0 saturated heterocycles. The second kappa shape index (κ2) is 8.49. The summed E-state index contributed by atoms with van der Waals surface area (Å²) in [7, 11) is 1.65. The molecule has 0 atom stereocenters. The molecule has 3 aromatic rings. The summed E-state index contributed by atoms with van der Waals surface area (Å²) >= 11 is 0. The molecule has 0 fully saturated rings. The monoisotopic (exact) mass is 363 g/mol. The minimum Gasteiger partial charge on any atom is -0.495 e. The fourth-order valence-corrected chi connectivity index (χ4v) is 2.80. The Kier molecular flexibility index (Phi) is 5.86. The molecule has 1 aromatic heterocycles. The number of hydrogen-bond acceptors (Lipinski definition) is 6. The lowest BCUT2D eigenvalue weighted by molar-refractivity contribution is 0.416. The summed E-state index contributed by atoms with van der Waals surface area (Å²) in [6.07, 6.45) is 1.62. The van der Waals surface area contributed by atoms with E-state index in [0.29, 0.717) is 11.8 Å². The number of aryl methyl sites for hydroxylation is 1. The largest absolute Gasteiger partial charge is 0.495 e. The molecule has 1 heterocycles. The Morgan fingerprint density at radius 1 is 1.11 bits per heavy atom. The Morgan fingerprint density at radius 2 is 1.89 bits per heavy atom. The highest BCUT2D eigenvalue weighted by Crippen LogP contribution is 2.28. The number of nitrogens with one attached hydrogen (secondary N) is 1. The summed E-state index contributed by atoms with van der Waals surface area (Å²) in [5.74, 6) is 1.97. The van der Waals surface area contributed by atoms with Crippen LogP contribution in [0.5, 0.6) is 5.75 Å². The van der Waals surface area contributed by atoms with E-state index in [1.807, 2.05) is 43.3 Å². The van der Waals surface area contributed by atoms with Gasteiger partial charge in [-0.1, -0.05) is 36.4 Å². The van der Waals surface area contributed by atoms with E-state index in [1.54, 1.807) is 13.3 Å². The first kappa shape index (κ1) is 18.6. The smallest absolute Gasteiger partial charge is 0.247 e. The zero-order chi connectivity index (χ0) is 19.2. The van der Waals surface area contributed by atoms with Gasteiger partial charge in [-0.25, -0.2) is 0 Å². The summed E-state index contributed by atoms with van der Waals surface area (Å²) < 4.78 is 5.43. The summed E-state index contributed by atoms with van der Waals surface area (Å²) in [5, 5.41) is 11.7. The lowest BCUT2D eigenvalue weighted by atomic mass is 10.2. The van der Waals surface area contributed by atoms with Gasteiger partial charge < -0.3 is 15.0 Å². The van der Waals surface area contributed by atoms with Crippen LogP contribution < -0.4 is 15.0 Å². The van der Waals surface area contributed by atoms with Crippen LogP contribution in [0, 0.1) is 6.92 Å². The van der Waals surface area contributed by atoms with Gasteiger partial charge in [0.1, 0.15) is 5.75 Å². The van der Waals surface area contributed by atoms with Gasteiger partial charge in [0.2, 0.25) is 5.95 Å². The number of hydrogen-bond donors (Lipinski definition) is 1. The average Bonchev–Trinajstić information content (AvgIpc) is 2.67. The van der Waals surface area contributed by atoms with E-state index >= 15 is 0 Å². The molecule has 140 valence electrons. The maximum Gasteiger partial charge on any atom is 0.247 e. The predicted molar refractivity (Wildman–Crippen MR) is 109 cm³/mol. The van der Waals surface area contributed by atoms with Gasteiger partial charge in [-0.05, 0) is 44.0 Å². The van der Waals surface area contributed by atoms with Crippen molar-refractivity contribution < 1.29 is 4.74 Å². The summed E-state index contributed by atoms with van der Waals surface area (Å²) in [5.41, 5.74) is 3.19. The van der Waals surface area contributed by atoms with Crippen LogP contribution in [0.4, 0.5) is 17.5 Å². The van der Waals surface area contributed by atoms with E-state index in [2.05, 4.69) is 51.4 Å². The Hall–Kier alpha value is -3.15. The van der Waals surface area contributed by atoms with E-state index < -0.39 is 0 Å². The third kappa shape index (κ3) is 4.73. The van der Waals surface area contributed by atoms with E-state index in [0.717, 1.165) is 23.5 Å². The Labute approximate surface area is 160 Å². The first-order chi connectivity index (χ1) is 13.1. The average molecular weight is 363 g/mol. The van der Waals surface area contributed by atoms with Crippen molar-refractivity contribution in [2.45, 2.75) is 33.4 Å². The van der Waals surface area contributed by atoms with E-state index in [1.165, 1.54) is 5.56 Å². The van der Waals surface area contributed by atoms with Gasteiger partial charge in [0.25, 0.3) is 0 Å².